The first-order valence-corrected chi connectivity index (χ1v) is 6.19. The summed E-state index contributed by atoms with van der Waals surface area (Å²) in [6, 6.07) is 0. The molecule has 0 aromatic rings. The predicted octanol–water partition coefficient (Wildman–Crippen LogP) is -0.665. The Morgan fingerprint density at radius 2 is 2.11 bits per heavy atom. The van der Waals surface area contributed by atoms with Gasteiger partial charge in [-0.1, -0.05) is 0 Å². The first kappa shape index (κ1) is 14.9. The van der Waals surface area contributed by atoms with Crippen molar-refractivity contribution < 1.29 is 14.3 Å². The van der Waals surface area contributed by atoms with E-state index in [1.54, 1.807) is 21.1 Å². The molecule has 104 valence electrons. The number of methoxy groups -OCH3 is 1. The Morgan fingerprint density at radius 1 is 1.50 bits per heavy atom. The van der Waals surface area contributed by atoms with Gasteiger partial charge in [0.1, 0.15) is 0 Å². The minimum Gasteiger partial charge on any atom is -0.383 e. The molecule has 0 aliphatic heterocycles. The van der Waals surface area contributed by atoms with Gasteiger partial charge in [0.05, 0.1) is 18.7 Å². The van der Waals surface area contributed by atoms with E-state index < -0.39 is 5.54 Å². The quantitative estimate of drug-likeness (QED) is 0.593. The van der Waals surface area contributed by atoms with Crippen LogP contribution in [-0.2, 0) is 14.3 Å². The van der Waals surface area contributed by atoms with Crippen molar-refractivity contribution in [3.8, 4) is 0 Å². The first-order chi connectivity index (χ1) is 8.39. The van der Waals surface area contributed by atoms with Gasteiger partial charge >= 0.3 is 0 Å². The number of carbonyl (C=O) groups excluding carboxylic acids is 2. The lowest BCUT2D eigenvalue weighted by Gasteiger charge is -2.28. The Labute approximate surface area is 108 Å². The molecule has 0 bridgehead atoms. The Kier molecular flexibility index (Phi) is 5.10. The number of hydrogen-bond donors (Lipinski definition) is 2. The minimum atomic E-state index is -0.846. The molecule has 1 saturated carbocycles. The van der Waals surface area contributed by atoms with Crippen molar-refractivity contribution in [2.45, 2.75) is 25.3 Å². The van der Waals surface area contributed by atoms with Crippen LogP contribution >= 0.6 is 0 Å². The number of ether oxygens (including phenoxy) is 1. The smallest absolute Gasteiger partial charge is 0.242 e. The summed E-state index contributed by atoms with van der Waals surface area (Å²) in [4.78, 5) is 25.0. The highest BCUT2D eigenvalue weighted by atomic mass is 16.5. The topological polar surface area (TPSA) is 84.7 Å². The van der Waals surface area contributed by atoms with E-state index in [1.165, 1.54) is 4.90 Å². The lowest BCUT2D eigenvalue weighted by Crippen LogP contribution is -2.55. The molecule has 6 heteroatoms. The Bertz CT molecular complexity index is 314. The van der Waals surface area contributed by atoms with Gasteiger partial charge in [-0.3, -0.25) is 9.59 Å². The van der Waals surface area contributed by atoms with Crippen LogP contribution in [-0.4, -0.2) is 56.1 Å². The highest BCUT2D eigenvalue weighted by Crippen LogP contribution is 2.38. The standard InChI is InChI=1S/C12H23N3O3/c1-12(13,9-4-5-9)11(17)15(2)8-10(16)14-6-7-18-3/h9H,4-8,13H2,1-3H3,(H,14,16). The van der Waals surface area contributed by atoms with E-state index in [4.69, 9.17) is 10.5 Å². The molecule has 0 saturated heterocycles. The molecule has 0 aromatic carbocycles. The third-order valence-electron chi connectivity index (χ3n) is 3.24. The minimum absolute atomic E-state index is 0.0298. The maximum absolute atomic E-state index is 12.1. The van der Waals surface area contributed by atoms with Gasteiger partial charge in [-0.15, -0.1) is 0 Å². The van der Waals surface area contributed by atoms with Crippen molar-refractivity contribution in [2.75, 3.05) is 33.9 Å². The number of nitrogens with one attached hydrogen (secondary N) is 1. The second kappa shape index (κ2) is 6.15. The van der Waals surface area contributed by atoms with Gasteiger partial charge in [0.25, 0.3) is 0 Å². The molecule has 1 aliphatic rings. The largest absolute Gasteiger partial charge is 0.383 e. The zero-order chi connectivity index (χ0) is 13.8. The van der Waals surface area contributed by atoms with Gasteiger partial charge in [0.15, 0.2) is 0 Å². The highest BCUT2D eigenvalue weighted by molar-refractivity contribution is 5.90. The third kappa shape index (κ3) is 3.96. The van der Waals surface area contributed by atoms with Crippen LogP contribution in [0.4, 0.5) is 0 Å². The van der Waals surface area contributed by atoms with E-state index >= 15 is 0 Å². The van der Waals surface area contributed by atoms with Crippen molar-refractivity contribution in [1.82, 2.24) is 10.2 Å². The zero-order valence-electron chi connectivity index (χ0n) is 11.4. The molecule has 6 nitrogen and oxygen atoms in total. The summed E-state index contributed by atoms with van der Waals surface area (Å²) < 4.78 is 4.82. The second-order valence-electron chi connectivity index (χ2n) is 5.06. The Morgan fingerprint density at radius 3 is 2.61 bits per heavy atom. The predicted molar refractivity (Wildman–Crippen MR) is 67.8 cm³/mol. The maximum Gasteiger partial charge on any atom is 0.242 e. The molecule has 1 atom stereocenters. The summed E-state index contributed by atoms with van der Waals surface area (Å²) in [7, 11) is 3.17. The van der Waals surface area contributed by atoms with Gasteiger partial charge in [0, 0.05) is 20.7 Å². The molecule has 0 radical (unpaired) electrons. The lowest BCUT2D eigenvalue weighted by atomic mass is 9.95. The monoisotopic (exact) mass is 257 g/mol. The fourth-order valence-corrected chi connectivity index (χ4v) is 1.90. The number of nitrogens with two attached hydrogens (primary N) is 1. The molecule has 2 amide bonds. The van der Waals surface area contributed by atoms with Gasteiger partial charge in [0.2, 0.25) is 11.8 Å². The van der Waals surface area contributed by atoms with Gasteiger partial charge < -0.3 is 20.7 Å². The van der Waals surface area contributed by atoms with Crippen LogP contribution in [0.25, 0.3) is 0 Å². The number of nitrogens with zero attached hydrogens (tertiary/aromatic N) is 1. The zero-order valence-corrected chi connectivity index (χ0v) is 11.4. The van der Waals surface area contributed by atoms with Crippen molar-refractivity contribution in [3.05, 3.63) is 0 Å². The van der Waals surface area contributed by atoms with Crippen molar-refractivity contribution in [2.24, 2.45) is 11.7 Å². The number of amides is 2. The molecule has 1 rings (SSSR count). The molecule has 1 unspecified atom stereocenters. The van der Waals surface area contributed by atoms with E-state index in [-0.39, 0.29) is 24.3 Å². The molecular formula is C12H23N3O3. The van der Waals surface area contributed by atoms with Crippen molar-refractivity contribution in [1.29, 1.82) is 0 Å². The molecule has 0 aromatic heterocycles. The Balaban J connectivity index is 2.37. The van der Waals surface area contributed by atoms with Crippen LogP contribution in [0.15, 0.2) is 0 Å². The molecule has 0 heterocycles. The van der Waals surface area contributed by atoms with Crippen LogP contribution in [0.2, 0.25) is 0 Å². The molecule has 0 spiro atoms. The van der Waals surface area contributed by atoms with E-state index in [1.807, 2.05) is 0 Å². The van der Waals surface area contributed by atoms with Crippen molar-refractivity contribution >= 4 is 11.8 Å². The average Bonchev–Trinajstić information content (AvgIpc) is 3.12. The molecule has 1 fully saturated rings. The number of likely N-dealkylation sites (N-methyl/N-ethyl adjacent to an activating group) is 1. The summed E-state index contributed by atoms with van der Waals surface area (Å²) in [5.41, 5.74) is 5.18. The average molecular weight is 257 g/mol. The Hall–Kier alpha value is -1.14. The van der Waals surface area contributed by atoms with E-state index in [9.17, 15) is 9.59 Å². The van der Waals surface area contributed by atoms with Gasteiger partial charge in [-0.25, -0.2) is 0 Å². The molecule has 18 heavy (non-hydrogen) atoms. The third-order valence-corrected chi connectivity index (χ3v) is 3.24. The first-order valence-electron chi connectivity index (χ1n) is 6.19. The maximum atomic E-state index is 12.1. The summed E-state index contributed by atoms with van der Waals surface area (Å²) in [5, 5.41) is 2.67. The van der Waals surface area contributed by atoms with E-state index in [2.05, 4.69) is 5.32 Å². The SMILES string of the molecule is COCCNC(=O)CN(C)C(=O)C(C)(N)C1CC1. The summed E-state index contributed by atoms with van der Waals surface area (Å²) in [6.07, 6.45) is 1.99. The number of hydrogen-bond acceptors (Lipinski definition) is 4. The lowest BCUT2D eigenvalue weighted by molar-refractivity contribution is -0.139. The molecule has 3 N–H and O–H groups in total. The molecule has 1 aliphatic carbocycles. The fourth-order valence-electron chi connectivity index (χ4n) is 1.90. The van der Waals surface area contributed by atoms with Crippen molar-refractivity contribution in [3.63, 3.8) is 0 Å². The summed E-state index contributed by atoms with van der Waals surface area (Å²) in [5.74, 6) is -0.120. The van der Waals surface area contributed by atoms with Gasteiger partial charge in [-0.05, 0) is 25.7 Å². The summed E-state index contributed by atoms with van der Waals surface area (Å²) >= 11 is 0. The van der Waals surface area contributed by atoms with Gasteiger partial charge in [-0.2, -0.15) is 0 Å². The number of rotatable bonds is 7. The van der Waals surface area contributed by atoms with Crippen LogP contribution < -0.4 is 11.1 Å². The van der Waals surface area contributed by atoms with E-state index in [0.717, 1.165) is 12.8 Å². The van der Waals surface area contributed by atoms with Crippen LogP contribution in [0.3, 0.4) is 0 Å². The summed E-state index contributed by atoms with van der Waals surface area (Å²) in [6.45, 7) is 2.67. The number of carbonyl (C=O) groups is 2. The normalized spacial score (nSPS) is 18.0. The molecular weight excluding hydrogens is 234 g/mol. The fraction of sp³-hybridized carbons (Fsp3) is 0.833. The van der Waals surface area contributed by atoms with E-state index in [0.29, 0.717) is 13.2 Å². The van der Waals surface area contributed by atoms with Crippen LogP contribution in [0.1, 0.15) is 19.8 Å². The van der Waals surface area contributed by atoms with Crippen LogP contribution in [0.5, 0.6) is 0 Å². The second-order valence-corrected chi connectivity index (χ2v) is 5.06. The van der Waals surface area contributed by atoms with Crippen LogP contribution in [0, 0.1) is 5.92 Å². The highest BCUT2D eigenvalue weighted by Gasteiger charge is 2.45.